The quantitative estimate of drug-likeness (QED) is 0.891. The Balaban J connectivity index is 1.98. The van der Waals surface area contributed by atoms with Crippen molar-refractivity contribution in [1.82, 2.24) is 4.90 Å². The minimum absolute atomic E-state index is 0.114. The van der Waals surface area contributed by atoms with E-state index in [4.69, 9.17) is 15.2 Å². The molecule has 0 saturated carbocycles. The molecule has 2 rings (SSSR count). The summed E-state index contributed by atoms with van der Waals surface area (Å²) in [5.41, 5.74) is 5.82. The van der Waals surface area contributed by atoms with Crippen LogP contribution in [-0.4, -0.2) is 43.2 Å². The molecular weight excluding hydrogens is 263 g/mol. The van der Waals surface area contributed by atoms with Crippen molar-refractivity contribution in [3.05, 3.63) is 29.6 Å². The van der Waals surface area contributed by atoms with Crippen LogP contribution in [0.5, 0.6) is 5.75 Å². The van der Waals surface area contributed by atoms with Crippen LogP contribution in [0.3, 0.4) is 0 Å². The molecule has 6 heteroatoms. The average Bonchev–Trinajstić information content (AvgIpc) is 2.47. The highest BCUT2D eigenvalue weighted by Gasteiger charge is 2.23. The molecule has 0 aliphatic carbocycles. The molecule has 1 atom stereocenters. The molecule has 1 saturated heterocycles. The molecule has 1 unspecified atom stereocenters. The second kappa shape index (κ2) is 6.67. The Morgan fingerprint density at radius 3 is 2.80 bits per heavy atom. The molecule has 0 spiro atoms. The van der Waals surface area contributed by atoms with Gasteiger partial charge in [-0.3, -0.25) is 4.79 Å². The second-order valence-corrected chi connectivity index (χ2v) is 4.66. The molecule has 110 valence electrons. The Kier molecular flexibility index (Phi) is 4.92. The van der Waals surface area contributed by atoms with Crippen molar-refractivity contribution in [2.45, 2.75) is 19.6 Å². The highest BCUT2D eigenvalue weighted by molar-refractivity contribution is 5.81. The zero-order valence-electron chi connectivity index (χ0n) is 11.5. The number of carbonyl (C=O) groups is 1. The van der Waals surface area contributed by atoms with Crippen molar-refractivity contribution in [2.24, 2.45) is 5.73 Å². The van der Waals surface area contributed by atoms with Gasteiger partial charge in [0, 0.05) is 31.3 Å². The van der Waals surface area contributed by atoms with Gasteiger partial charge in [-0.15, -0.1) is 0 Å². The number of carbonyl (C=O) groups excluding carboxylic acids is 1. The topological polar surface area (TPSA) is 64.8 Å². The summed E-state index contributed by atoms with van der Waals surface area (Å²) in [6.07, 6.45) is -0.656. The standard InChI is InChI=1S/C14H19FN2O3/c1-10(14(18)17-4-6-19-7-5-17)20-12-3-2-11(9-16)13(15)8-12/h2-3,8,10H,4-7,9,16H2,1H3. The van der Waals surface area contributed by atoms with Crippen LogP contribution in [0.25, 0.3) is 0 Å². The first-order chi connectivity index (χ1) is 9.61. The summed E-state index contributed by atoms with van der Waals surface area (Å²) >= 11 is 0. The number of benzene rings is 1. The van der Waals surface area contributed by atoms with Gasteiger partial charge in [-0.05, 0) is 13.0 Å². The second-order valence-electron chi connectivity index (χ2n) is 4.66. The molecule has 0 radical (unpaired) electrons. The molecule has 1 aromatic carbocycles. The third-order valence-corrected chi connectivity index (χ3v) is 3.23. The van der Waals surface area contributed by atoms with Crippen molar-refractivity contribution in [1.29, 1.82) is 0 Å². The zero-order valence-corrected chi connectivity index (χ0v) is 11.5. The van der Waals surface area contributed by atoms with Crippen LogP contribution in [0, 0.1) is 5.82 Å². The average molecular weight is 282 g/mol. The highest BCUT2D eigenvalue weighted by Crippen LogP contribution is 2.18. The van der Waals surface area contributed by atoms with Crippen molar-refractivity contribution < 1.29 is 18.7 Å². The van der Waals surface area contributed by atoms with E-state index < -0.39 is 11.9 Å². The molecule has 1 aliphatic heterocycles. The number of halogens is 1. The van der Waals surface area contributed by atoms with Crippen LogP contribution in [0.2, 0.25) is 0 Å². The summed E-state index contributed by atoms with van der Waals surface area (Å²) in [5, 5.41) is 0. The SMILES string of the molecule is CC(Oc1ccc(CN)c(F)c1)C(=O)N1CCOCC1. The van der Waals surface area contributed by atoms with Gasteiger partial charge in [0.25, 0.3) is 5.91 Å². The highest BCUT2D eigenvalue weighted by atomic mass is 19.1. The largest absolute Gasteiger partial charge is 0.481 e. The number of hydrogen-bond donors (Lipinski definition) is 1. The molecule has 2 N–H and O–H groups in total. The Hall–Kier alpha value is -1.66. The first-order valence-corrected chi connectivity index (χ1v) is 6.63. The summed E-state index contributed by atoms with van der Waals surface area (Å²) in [6.45, 7) is 4.00. The number of amides is 1. The molecule has 20 heavy (non-hydrogen) atoms. The van der Waals surface area contributed by atoms with E-state index in [1.165, 1.54) is 6.07 Å². The van der Waals surface area contributed by atoms with Crippen LogP contribution in [0.1, 0.15) is 12.5 Å². The Bertz CT molecular complexity index is 475. The number of ether oxygens (including phenoxy) is 2. The molecule has 1 amide bonds. The van der Waals surface area contributed by atoms with Crippen molar-refractivity contribution in [3.63, 3.8) is 0 Å². The Morgan fingerprint density at radius 1 is 1.50 bits per heavy atom. The van der Waals surface area contributed by atoms with Crippen LogP contribution in [-0.2, 0) is 16.1 Å². The first-order valence-electron chi connectivity index (χ1n) is 6.63. The van der Waals surface area contributed by atoms with Crippen molar-refractivity contribution in [3.8, 4) is 5.75 Å². The van der Waals surface area contributed by atoms with Gasteiger partial charge in [-0.2, -0.15) is 0 Å². The predicted molar refractivity (Wildman–Crippen MR) is 71.8 cm³/mol. The molecule has 0 aromatic heterocycles. The maximum atomic E-state index is 13.6. The minimum atomic E-state index is -0.656. The molecule has 1 fully saturated rings. The fraction of sp³-hybridized carbons (Fsp3) is 0.500. The molecular formula is C14H19FN2O3. The lowest BCUT2D eigenvalue weighted by atomic mass is 10.2. The van der Waals surface area contributed by atoms with Gasteiger partial charge in [-0.1, -0.05) is 6.07 Å². The Labute approximate surface area is 117 Å². The van der Waals surface area contributed by atoms with E-state index in [2.05, 4.69) is 0 Å². The van der Waals surface area contributed by atoms with Gasteiger partial charge in [0.2, 0.25) is 0 Å². The van der Waals surface area contributed by atoms with E-state index in [-0.39, 0.29) is 12.5 Å². The molecule has 1 heterocycles. The van der Waals surface area contributed by atoms with Crippen LogP contribution in [0.15, 0.2) is 18.2 Å². The van der Waals surface area contributed by atoms with Gasteiger partial charge in [0.05, 0.1) is 13.2 Å². The molecule has 5 nitrogen and oxygen atoms in total. The maximum absolute atomic E-state index is 13.6. The van der Waals surface area contributed by atoms with Crippen molar-refractivity contribution >= 4 is 5.91 Å². The summed E-state index contributed by atoms with van der Waals surface area (Å²) in [6, 6.07) is 4.44. The first kappa shape index (κ1) is 14.7. The summed E-state index contributed by atoms with van der Waals surface area (Å²) in [4.78, 5) is 13.8. The lowest BCUT2D eigenvalue weighted by molar-refractivity contribution is -0.142. The smallest absolute Gasteiger partial charge is 0.263 e. The maximum Gasteiger partial charge on any atom is 0.263 e. The number of nitrogens with zero attached hydrogens (tertiary/aromatic N) is 1. The van der Waals surface area contributed by atoms with Gasteiger partial charge < -0.3 is 20.1 Å². The van der Waals surface area contributed by atoms with Gasteiger partial charge in [-0.25, -0.2) is 4.39 Å². The fourth-order valence-electron chi connectivity index (χ4n) is 2.06. The number of rotatable bonds is 4. The van der Waals surface area contributed by atoms with E-state index in [0.717, 1.165) is 0 Å². The van der Waals surface area contributed by atoms with Crippen LogP contribution >= 0.6 is 0 Å². The number of nitrogens with two attached hydrogens (primary N) is 1. The fourth-order valence-corrected chi connectivity index (χ4v) is 2.06. The monoisotopic (exact) mass is 282 g/mol. The van der Waals surface area contributed by atoms with E-state index in [9.17, 15) is 9.18 Å². The lowest BCUT2D eigenvalue weighted by Crippen LogP contribution is -2.46. The summed E-state index contributed by atoms with van der Waals surface area (Å²) < 4.78 is 24.3. The normalized spacial score (nSPS) is 16.9. The van der Waals surface area contributed by atoms with Crippen LogP contribution in [0.4, 0.5) is 4.39 Å². The zero-order chi connectivity index (χ0) is 14.5. The van der Waals surface area contributed by atoms with E-state index in [1.54, 1.807) is 24.0 Å². The van der Waals surface area contributed by atoms with E-state index >= 15 is 0 Å². The third kappa shape index (κ3) is 3.46. The molecule has 1 aliphatic rings. The van der Waals surface area contributed by atoms with E-state index in [1.807, 2.05) is 0 Å². The van der Waals surface area contributed by atoms with Crippen molar-refractivity contribution in [2.75, 3.05) is 26.3 Å². The number of hydrogen-bond acceptors (Lipinski definition) is 4. The van der Waals surface area contributed by atoms with Gasteiger partial charge in [0.15, 0.2) is 6.10 Å². The minimum Gasteiger partial charge on any atom is -0.481 e. The summed E-state index contributed by atoms with van der Waals surface area (Å²) in [5.74, 6) is -0.207. The third-order valence-electron chi connectivity index (χ3n) is 3.23. The lowest BCUT2D eigenvalue weighted by Gasteiger charge is -2.29. The summed E-state index contributed by atoms with van der Waals surface area (Å²) in [7, 11) is 0. The molecule has 1 aromatic rings. The van der Waals surface area contributed by atoms with Crippen LogP contribution < -0.4 is 10.5 Å². The van der Waals surface area contributed by atoms with E-state index in [0.29, 0.717) is 37.6 Å². The number of morpholine rings is 1. The molecule has 0 bridgehead atoms. The van der Waals surface area contributed by atoms with Gasteiger partial charge in [0.1, 0.15) is 11.6 Å². The predicted octanol–water partition coefficient (Wildman–Crippen LogP) is 0.910. The van der Waals surface area contributed by atoms with Gasteiger partial charge >= 0.3 is 0 Å². The Morgan fingerprint density at radius 2 is 2.20 bits per heavy atom.